The lowest BCUT2D eigenvalue weighted by Crippen LogP contribution is -1.95. The summed E-state index contributed by atoms with van der Waals surface area (Å²) >= 11 is 0. The molecule has 0 aliphatic carbocycles. The highest BCUT2D eigenvalue weighted by Crippen LogP contribution is 2.42. The third-order valence-electron chi connectivity index (χ3n) is 4.83. The van der Waals surface area contributed by atoms with E-state index in [1.165, 1.54) is 13.2 Å². The zero-order valence-corrected chi connectivity index (χ0v) is 16.6. The van der Waals surface area contributed by atoms with Gasteiger partial charge in [0.1, 0.15) is 17.3 Å². The molecule has 150 valence electrons. The third-order valence-corrected chi connectivity index (χ3v) is 4.83. The molecule has 0 aliphatic rings. The molecule has 0 saturated heterocycles. The maximum Gasteiger partial charge on any atom is 0.198 e. The third kappa shape index (κ3) is 3.16. The number of nitrogens with zero attached hydrogens (tertiary/aromatic N) is 4. The van der Waals surface area contributed by atoms with E-state index in [0.29, 0.717) is 39.2 Å². The predicted molar refractivity (Wildman–Crippen MR) is 113 cm³/mol. The molecule has 0 atom stereocenters. The maximum absolute atomic E-state index is 14.7. The Morgan fingerprint density at radius 2 is 2.17 bits per heavy atom. The molecule has 2 aromatic carbocycles. The molecule has 8 heteroatoms. The smallest absolute Gasteiger partial charge is 0.198 e. The Bertz CT molecular complexity index is 1340. The summed E-state index contributed by atoms with van der Waals surface area (Å²) in [4.78, 5) is 11.0. The van der Waals surface area contributed by atoms with Gasteiger partial charge < -0.3 is 14.8 Å². The summed E-state index contributed by atoms with van der Waals surface area (Å²) in [6.07, 6.45) is 3.37. The number of H-pyrrole nitrogens is 1. The summed E-state index contributed by atoms with van der Waals surface area (Å²) in [5.41, 5.74) is 3.02. The number of nitrogens with one attached hydrogen (secondary N) is 1. The Morgan fingerprint density at radius 1 is 1.37 bits per heavy atom. The number of aliphatic imine (C=N–C) groups is 1. The Morgan fingerprint density at radius 3 is 2.83 bits per heavy atom. The van der Waals surface area contributed by atoms with E-state index in [9.17, 15) is 9.50 Å². The topological polar surface area (TPSA) is 79.8 Å². The van der Waals surface area contributed by atoms with Crippen molar-refractivity contribution in [2.45, 2.75) is 6.92 Å². The van der Waals surface area contributed by atoms with E-state index in [1.54, 1.807) is 55.3 Å². The maximum atomic E-state index is 14.7. The second-order valence-electron chi connectivity index (χ2n) is 6.76. The first kappa shape index (κ1) is 19.2. The number of aryl methyl sites for hydroxylation is 1. The van der Waals surface area contributed by atoms with Crippen LogP contribution in [0.3, 0.4) is 0 Å². The van der Waals surface area contributed by atoms with Gasteiger partial charge >= 0.3 is 0 Å². The van der Waals surface area contributed by atoms with Crippen LogP contribution in [0, 0.1) is 12.4 Å². The molecule has 0 unspecified atom stereocenters. The van der Waals surface area contributed by atoms with Crippen LogP contribution in [0.4, 0.5) is 15.8 Å². The van der Waals surface area contributed by atoms with Crippen molar-refractivity contribution >= 4 is 28.0 Å². The molecule has 0 saturated carbocycles. The van der Waals surface area contributed by atoms with Gasteiger partial charge in [-0.3, -0.25) is 4.68 Å². The van der Waals surface area contributed by atoms with Crippen LogP contribution >= 0.6 is 0 Å². The number of methoxy groups -OCH3 is 1. The summed E-state index contributed by atoms with van der Waals surface area (Å²) in [6.45, 7) is 9.32. The van der Waals surface area contributed by atoms with Crippen LogP contribution in [0.2, 0.25) is 0 Å². The number of hydrogen-bond acceptors (Lipinski definition) is 4. The number of rotatable bonds is 4. The molecule has 0 amide bonds. The summed E-state index contributed by atoms with van der Waals surface area (Å²) in [5, 5.41) is 15.2. The molecular weight excluding hydrogens is 385 g/mol. The molecule has 0 bridgehead atoms. The molecule has 2 N–H and O–H groups in total. The van der Waals surface area contributed by atoms with Crippen molar-refractivity contribution in [3.8, 4) is 22.8 Å². The monoisotopic (exact) mass is 403 g/mol. The average molecular weight is 403 g/mol. The van der Waals surface area contributed by atoms with Crippen molar-refractivity contribution in [3.63, 3.8) is 0 Å². The van der Waals surface area contributed by atoms with Gasteiger partial charge in [0.25, 0.3) is 0 Å². The summed E-state index contributed by atoms with van der Waals surface area (Å²) in [6, 6.07) is 7.77. The lowest BCUT2D eigenvalue weighted by Gasteiger charge is -2.12. The van der Waals surface area contributed by atoms with E-state index in [0.717, 1.165) is 0 Å². The standard InChI is InChI=1S/C22H18FN5O2/c1-12(26-13-10-25-28(3)11-13)20-15-8-14(17(24-2)9-18(15)27-22(20)29)21-16(23)6-5-7-19(21)30-4/h5-11,27,29H,1,3-4H3. The second-order valence-corrected chi connectivity index (χ2v) is 6.76. The Hall–Kier alpha value is -4.12. The van der Waals surface area contributed by atoms with E-state index < -0.39 is 5.82 Å². The fourth-order valence-electron chi connectivity index (χ4n) is 3.53. The quantitative estimate of drug-likeness (QED) is 0.367. The van der Waals surface area contributed by atoms with Crippen molar-refractivity contribution in [1.82, 2.24) is 14.8 Å². The molecule has 0 spiro atoms. The fourth-order valence-corrected chi connectivity index (χ4v) is 3.53. The van der Waals surface area contributed by atoms with Gasteiger partial charge in [-0.2, -0.15) is 5.10 Å². The van der Waals surface area contributed by atoms with Crippen LogP contribution in [-0.2, 0) is 7.05 Å². The van der Waals surface area contributed by atoms with Crippen LogP contribution in [0.5, 0.6) is 11.6 Å². The van der Waals surface area contributed by atoms with E-state index >= 15 is 0 Å². The lowest BCUT2D eigenvalue weighted by atomic mass is 9.98. The van der Waals surface area contributed by atoms with Crippen LogP contribution in [-0.4, -0.2) is 32.7 Å². The van der Waals surface area contributed by atoms with Gasteiger partial charge in [0, 0.05) is 23.5 Å². The molecule has 2 aromatic heterocycles. The van der Waals surface area contributed by atoms with Crippen LogP contribution in [0.15, 0.2) is 47.7 Å². The first-order valence-corrected chi connectivity index (χ1v) is 9.06. The highest BCUT2D eigenvalue weighted by Gasteiger charge is 2.21. The van der Waals surface area contributed by atoms with Gasteiger partial charge in [-0.05, 0) is 30.7 Å². The van der Waals surface area contributed by atoms with Crippen molar-refractivity contribution in [1.29, 1.82) is 0 Å². The van der Waals surface area contributed by atoms with Crippen molar-refractivity contribution in [2.75, 3.05) is 7.11 Å². The predicted octanol–water partition coefficient (Wildman–Crippen LogP) is 5.11. The first-order valence-electron chi connectivity index (χ1n) is 9.06. The van der Waals surface area contributed by atoms with E-state index in [1.807, 2.05) is 0 Å². The minimum Gasteiger partial charge on any atom is -0.496 e. The molecule has 0 radical (unpaired) electrons. The number of aromatic hydroxyl groups is 1. The van der Waals surface area contributed by atoms with Crippen molar-refractivity contribution in [2.24, 2.45) is 12.0 Å². The van der Waals surface area contributed by atoms with Gasteiger partial charge in [-0.15, -0.1) is 0 Å². The van der Waals surface area contributed by atoms with Gasteiger partial charge in [0.15, 0.2) is 11.6 Å². The highest BCUT2D eigenvalue weighted by atomic mass is 19.1. The molecule has 2 heterocycles. The number of benzene rings is 2. The number of aromatic nitrogens is 3. The fraction of sp³-hybridized carbons (Fsp3) is 0.136. The summed E-state index contributed by atoms with van der Waals surface area (Å²) < 4.78 is 21.7. The molecule has 0 fully saturated rings. The molecule has 4 aromatic rings. The molecule has 0 aliphatic heterocycles. The molecule has 4 rings (SSSR count). The highest BCUT2D eigenvalue weighted by molar-refractivity contribution is 6.14. The average Bonchev–Trinajstić information content (AvgIpc) is 3.27. The van der Waals surface area contributed by atoms with E-state index in [2.05, 4.69) is 19.9 Å². The van der Waals surface area contributed by atoms with Gasteiger partial charge in [-0.1, -0.05) is 12.1 Å². The number of halogens is 1. The lowest BCUT2D eigenvalue weighted by molar-refractivity contribution is 0.413. The van der Waals surface area contributed by atoms with Crippen molar-refractivity contribution in [3.05, 3.63) is 65.5 Å². The minimum atomic E-state index is -0.499. The SMILES string of the molecule is [C-]#[N+]c1cc2[nH]c(O)c(C(C)=Nc3cnn(C)c3)c2cc1-c1c(F)cccc1OC. The van der Waals surface area contributed by atoms with Gasteiger partial charge in [0.2, 0.25) is 0 Å². The summed E-state index contributed by atoms with van der Waals surface area (Å²) in [5.74, 6) is -0.259. The number of hydrogen-bond donors (Lipinski definition) is 2. The van der Waals surface area contributed by atoms with Crippen LogP contribution in [0.25, 0.3) is 26.9 Å². The Labute approximate surface area is 171 Å². The zero-order valence-electron chi connectivity index (χ0n) is 16.6. The number of fused-ring (bicyclic) bond motifs is 1. The largest absolute Gasteiger partial charge is 0.496 e. The first-order chi connectivity index (χ1) is 14.4. The normalized spacial score (nSPS) is 11.6. The molecule has 30 heavy (non-hydrogen) atoms. The van der Waals surface area contributed by atoms with Gasteiger partial charge in [0.05, 0.1) is 37.4 Å². The minimum absolute atomic E-state index is 0.0799. The van der Waals surface area contributed by atoms with E-state index in [4.69, 9.17) is 11.3 Å². The number of ether oxygens (including phenoxy) is 1. The number of aromatic amines is 1. The van der Waals surface area contributed by atoms with Crippen molar-refractivity contribution < 1.29 is 14.2 Å². The van der Waals surface area contributed by atoms with E-state index in [-0.39, 0.29) is 17.1 Å². The Balaban J connectivity index is 1.98. The molecular formula is C22H18FN5O2. The summed E-state index contributed by atoms with van der Waals surface area (Å²) in [7, 11) is 3.24. The Kier molecular flexibility index (Phi) is 4.72. The second kappa shape index (κ2) is 7.37. The van der Waals surface area contributed by atoms with Gasteiger partial charge in [-0.25, -0.2) is 14.2 Å². The van der Waals surface area contributed by atoms with Crippen LogP contribution < -0.4 is 4.74 Å². The van der Waals surface area contributed by atoms with Crippen LogP contribution in [0.1, 0.15) is 12.5 Å². The molecule has 7 nitrogen and oxygen atoms in total. The zero-order chi connectivity index (χ0) is 21.4.